The number of nitrogens with zero attached hydrogens (tertiary/aromatic N) is 1. The first-order valence-electron chi connectivity index (χ1n) is 4.37. The Hall–Kier alpha value is -1.03. The smallest absolute Gasteiger partial charge is 0.409 e. The Morgan fingerprint density at radius 1 is 1.62 bits per heavy atom. The van der Waals surface area contributed by atoms with Crippen LogP contribution >= 0.6 is 0 Å². The summed E-state index contributed by atoms with van der Waals surface area (Å²) in [6.45, 7) is 0. The molecule has 1 fully saturated rings. The highest BCUT2D eigenvalue weighted by atomic mass is 16.5. The maximum atomic E-state index is 11.2. The summed E-state index contributed by atoms with van der Waals surface area (Å²) in [5.74, 6) is 0. The van der Waals surface area contributed by atoms with E-state index in [0.29, 0.717) is 0 Å². The minimum absolute atomic E-state index is 0.0640. The van der Waals surface area contributed by atoms with E-state index in [1.165, 1.54) is 7.11 Å². The first-order chi connectivity index (χ1) is 6.22. The number of rotatable bonds is 1. The number of hydrogen-bond acceptors (Lipinski definition) is 3. The van der Waals surface area contributed by atoms with Crippen LogP contribution < -0.4 is 0 Å². The summed E-state index contributed by atoms with van der Waals surface area (Å²) in [7, 11) is 3.14. The molecule has 4 nitrogen and oxygen atoms in total. The number of likely N-dealkylation sites (N-methyl/N-ethyl adjacent to an activating group) is 1. The Labute approximate surface area is 77.1 Å². The van der Waals surface area contributed by atoms with Crippen molar-refractivity contribution in [3.05, 3.63) is 12.2 Å². The van der Waals surface area contributed by atoms with Crippen molar-refractivity contribution in [1.29, 1.82) is 0 Å². The Morgan fingerprint density at radius 3 is 2.85 bits per heavy atom. The number of amides is 1. The number of carbonyl (C=O) groups is 1. The lowest BCUT2D eigenvalue weighted by Crippen LogP contribution is -2.41. The first-order valence-corrected chi connectivity index (χ1v) is 4.37. The largest absolute Gasteiger partial charge is 0.453 e. The number of hydrogen-bond donors (Lipinski definition) is 0. The predicted octanol–water partition coefficient (Wildman–Crippen LogP) is 0.780. The van der Waals surface area contributed by atoms with Crippen LogP contribution in [0.3, 0.4) is 0 Å². The van der Waals surface area contributed by atoms with Crippen LogP contribution in [0.1, 0.15) is 6.42 Å². The van der Waals surface area contributed by atoms with Gasteiger partial charge in [0.25, 0.3) is 0 Å². The molecule has 0 unspecified atom stereocenters. The summed E-state index contributed by atoms with van der Waals surface area (Å²) in [4.78, 5) is 12.8. The van der Waals surface area contributed by atoms with Gasteiger partial charge in [0.2, 0.25) is 0 Å². The fourth-order valence-corrected chi connectivity index (χ4v) is 1.91. The monoisotopic (exact) mass is 183 g/mol. The Morgan fingerprint density at radius 2 is 2.38 bits per heavy atom. The lowest BCUT2D eigenvalue weighted by Gasteiger charge is -2.26. The standard InChI is InChI=1S/C9H13NO3/c1-10(9(11)12-2)7-5-6-3-4-8(7)13-6/h3-4,6-8H,5H2,1-2H3/t6-,7+,8-/m1/s1. The van der Waals surface area contributed by atoms with E-state index < -0.39 is 0 Å². The van der Waals surface area contributed by atoms with Crippen molar-refractivity contribution in [3.8, 4) is 0 Å². The van der Waals surface area contributed by atoms with Gasteiger partial charge >= 0.3 is 6.09 Å². The summed E-state index contributed by atoms with van der Waals surface area (Å²) in [5.41, 5.74) is 0. The molecule has 72 valence electrons. The van der Waals surface area contributed by atoms with Gasteiger partial charge in [0.15, 0.2) is 0 Å². The molecule has 0 radical (unpaired) electrons. The van der Waals surface area contributed by atoms with Gasteiger partial charge in [0, 0.05) is 13.5 Å². The Bertz CT molecular complexity index is 251. The van der Waals surface area contributed by atoms with Crippen molar-refractivity contribution < 1.29 is 14.3 Å². The third-order valence-electron chi connectivity index (χ3n) is 2.66. The van der Waals surface area contributed by atoms with Gasteiger partial charge in [0.1, 0.15) is 0 Å². The maximum Gasteiger partial charge on any atom is 0.409 e. The molecule has 2 heterocycles. The molecule has 0 spiro atoms. The van der Waals surface area contributed by atoms with E-state index in [1.807, 2.05) is 12.2 Å². The van der Waals surface area contributed by atoms with Crippen LogP contribution in [-0.4, -0.2) is 43.4 Å². The minimum atomic E-state index is -0.297. The third kappa shape index (κ3) is 1.31. The quantitative estimate of drug-likeness (QED) is 0.564. The van der Waals surface area contributed by atoms with E-state index >= 15 is 0 Å². The zero-order chi connectivity index (χ0) is 9.42. The molecular weight excluding hydrogens is 170 g/mol. The summed E-state index contributed by atoms with van der Waals surface area (Å²) in [6, 6.07) is 0.141. The van der Waals surface area contributed by atoms with Gasteiger partial charge in [-0.1, -0.05) is 12.2 Å². The van der Waals surface area contributed by atoms with Gasteiger partial charge in [0.05, 0.1) is 25.4 Å². The molecule has 0 aliphatic carbocycles. The molecule has 13 heavy (non-hydrogen) atoms. The molecule has 0 saturated carbocycles. The fraction of sp³-hybridized carbons (Fsp3) is 0.667. The zero-order valence-corrected chi connectivity index (χ0v) is 7.77. The van der Waals surface area contributed by atoms with Gasteiger partial charge in [-0.05, 0) is 0 Å². The van der Waals surface area contributed by atoms with Crippen molar-refractivity contribution in [3.63, 3.8) is 0 Å². The predicted molar refractivity (Wildman–Crippen MR) is 46.4 cm³/mol. The lowest BCUT2D eigenvalue weighted by atomic mass is 10.0. The highest BCUT2D eigenvalue weighted by Gasteiger charge is 2.40. The maximum absolute atomic E-state index is 11.2. The first kappa shape index (κ1) is 8.56. The van der Waals surface area contributed by atoms with Crippen LogP contribution in [-0.2, 0) is 9.47 Å². The lowest BCUT2D eigenvalue weighted by molar-refractivity contribution is 0.0804. The second kappa shape index (κ2) is 3.03. The number of fused-ring (bicyclic) bond motifs is 2. The third-order valence-corrected chi connectivity index (χ3v) is 2.66. The normalized spacial score (nSPS) is 35.1. The molecule has 0 aromatic rings. The second-order valence-corrected chi connectivity index (χ2v) is 3.41. The van der Waals surface area contributed by atoms with Gasteiger partial charge in [-0.15, -0.1) is 0 Å². The van der Waals surface area contributed by atoms with Gasteiger partial charge < -0.3 is 14.4 Å². The molecule has 1 amide bonds. The average Bonchev–Trinajstić information content (AvgIpc) is 2.76. The molecule has 0 aromatic heterocycles. The molecule has 2 rings (SSSR count). The second-order valence-electron chi connectivity index (χ2n) is 3.41. The molecule has 4 heteroatoms. The van der Waals surface area contributed by atoms with Crippen LogP contribution in [0.15, 0.2) is 12.2 Å². The van der Waals surface area contributed by atoms with Crippen LogP contribution in [0, 0.1) is 0 Å². The highest BCUT2D eigenvalue weighted by molar-refractivity contribution is 5.67. The van der Waals surface area contributed by atoms with Gasteiger partial charge in [-0.25, -0.2) is 4.79 Å². The van der Waals surface area contributed by atoms with Crippen LogP contribution in [0.25, 0.3) is 0 Å². The van der Waals surface area contributed by atoms with E-state index in [0.717, 1.165) is 6.42 Å². The van der Waals surface area contributed by atoms with Crippen molar-refractivity contribution in [1.82, 2.24) is 4.90 Å². The minimum Gasteiger partial charge on any atom is -0.453 e. The molecule has 0 aromatic carbocycles. The van der Waals surface area contributed by atoms with Gasteiger partial charge in [-0.2, -0.15) is 0 Å². The number of methoxy groups -OCH3 is 1. The molecule has 2 bridgehead atoms. The van der Waals surface area contributed by atoms with Crippen LogP contribution in [0.5, 0.6) is 0 Å². The van der Waals surface area contributed by atoms with E-state index in [1.54, 1.807) is 11.9 Å². The van der Waals surface area contributed by atoms with Gasteiger partial charge in [-0.3, -0.25) is 0 Å². The number of carbonyl (C=O) groups excluding carboxylic acids is 1. The molecule has 1 saturated heterocycles. The van der Waals surface area contributed by atoms with E-state index in [9.17, 15) is 4.79 Å². The highest BCUT2D eigenvalue weighted by Crippen LogP contribution is 2.31. The van der Waals surface area contributed by atoms with E-state index in [2.05, 4.69) is 4.74 Å². The SMILES string of the molecule is COC(=O)N(C)[C@H]1C[C@H]2C=C[C@H]1O2. The van der Waals surface area contributed by atoms with E-state index in [-0.39, 0.29) is 24.3 Å². The molecular formula is C9H13NO3. The molecule has 2 aliphatic heterocycles. The average molecular weight is 183 g/mol. The number of ether oxygens (including phenoxy) is 2. The Kier molecular flexibility index (Phi) is 2.00. The molecule has 2 aliphatic rings. The summed E-state index contributed by atoms with van der Waals surface area (Å²) >= 11 is 0. The Balaban J connectivity index is 2.02. The van der Waals surface area contributed by atoms with Crippen LogP contribution in [0.2, 0.25) is 0 Å². The summed E-state index contributed by atoms with van der Waals surface area (Å²) in [5, 5.41) is 0. The molecule has 0 N–H and O–H groups in total. The van der Waals surface area contributed by atoms with E-state index in [4.69, 9.17) is 4.74 Å². The molecule has 3 atom stereocenters. The van der Waals surface area contributed by atoms with Crippen molar-refractivity contribution >= 4 is 6.09 Å². The van der Waals surface area contributed by atoms with Crippen molar-refractivity contribution in [2.24, 2.45) is 0 Å². The van der Waals surface area contributed by atoms with Crippen molar-refractivity contribution in [2.45, 2.75) is 24.7 Å². The zero-order valence-electron chi connectivity index (χ0n) is 7.77. The summed E-state index contributed by atoms with van der Waals surface area (Å²) < 4.78 is 10.2. The topological polar surface area (TPSA) is 38.8 Å². The van der Waals surface area contributed by atoms with Crippen molar-refractivity contribution in [2.75, 3.05) is 14.2 Å². The fourth-order valence-electron chi connectivity index (χ4n) is 1.91. The van der Waals surface area contributed by atoms with Crippen LogP contribution in [0.4, 0.5) is 4.79 Å². The summed E-state index contributed by atoms with van der Waals surface area (Å²) in [6.07, 6.45) is 4.91.